The zero-order chi connectivity index (χ0) is 11.1. The van der Waals surface area contributed by atoms with E-state index >= 15 is 0 Å². The molecule has 0 aromatic carbocycles. The summed E-state index contributed by atoms with van der Waals surface area (Å²) < 4.78 is 0. The van der Waals surface area contributed by atoms with Gasteiger partial charge < -0.3 is 15.3 Å². The van der Waals surface area contributed by atoms with E-state index in [2.05, 4.69) is 5.32 Å². The van der Waals surface area contributed by atoms with Crippen LogP contribution in [0.25, 0.3) is 0 Å². The molecule has 2 amide bonds. The maximum Gasteiger partial charge on any atom is 0.239 e. The monoisotopic (exact) mass is 202 g/mol. The summed E-state index contributed by atoms with van der Waals surface area (Å²) in [6.07, 6.45) is 0.673. The number of aliphatic hydroxyl groups is 1. The Kier molecular flexibility index (Phi) is 5.87. The van der Waals surface area contributed by atoms with Gasteiger partial charge in [-0.2, -0.15) is 0 Å². The molecular weight excluding hydrogens is 184 g/mol. The van der Waals surface area contributed by atoms with Gasteiger partial charge in [0.1, 0.15) is 0 Å². The van der Waals surface area contributed by atoms with Gasteiger partial charge in [-0.05, 0) is 6.42 Å². The molecule has 0 bridgehead atoms. The zero-order valence-electron chi connectivity index (χ0n) is 8.91. The molecule has 0 aromatic heterocycles. The summed E-state index contributed by atoms with van der Waals surface area (Å²) in [7, 11) is 1.56. The maximum absolute atomic E-state index is 11.3. The molecule has 14 heavy (non-hydrogen) atoms. The van der Waals surface area contributed by atoms with Gasteiger partial charge in [0.25, 0.3) is 0 Å². The standard InChI is InChI=1S/C9H18N2O3/c1-4-8(6-12)10-9(14)5-11(3)7(2)13/h8,12H,4-6H2,1-3H3,(H,10,14). The van der Waals surface area contributed by atoms with Gasteiger partial charge in [0.15, 0.2) is 0 Å². The van der Waals surface area contributed by atoms with Crippen molar-refractivity contribution in [2.45, 2.75) is 26.3 Å². The summed E-state index contributed by atoms with van der Waals surface area (Å²) in [5.41, 5.74) is 0. The van der Waals surface area contributed by atoms with Crippen molar-refractivity contribution in [1.82, 2.24) is 10.2 Å². The highest BCUT2D eigenvalue weighted by Crippen LogP contribution is 1.90. The Balaban J connectivity index is 3.91. The predicted octanol–water partition coefficient (Wildman–Crippen LogP) is -0.648. The lowest BCUT2D eigenvalue weighted by Gasteiger charge is -2.18. The zero-order valence-corrected chi connectivity index (χ0v) is 8.91. The number of amides is 2. The second-order valence-corrected chi connectivity index (χ2v) is 3.23. The minimum absolute atomic E-state index is 0.0336. The Morgan fingerprint density at radius 3 is 2.43 bits per heavy atom. The number of nitrogens with zero attached hydrogens (tertiary/aromatic N) is 1. The van der Waals surface area contributed by atoms with Crippen LogP contribution < -0.4 is 5.32 Å². The number of hydrogen-bond acceptors (Lipinski definition) is 3. The Morgan fingerprint density at radius 1 is 1.50 bits per heavy atom. The Morgan fingerprint density at radius 2 is 2.07 bits per heavy atom. The van der Waals surface area contributed by atoms with Crippen molar-refractivity contribution in [3.63, 3.8) is 0 Å². The van der Waals surface area contributed by atoms with Crippen molar-refractivity contribution in [3.8, 4) is 0 Å². The maximum atomic E-state index is 11.3. The van der Waals surface area contributed by atoms with Crippen LogP contribution in [0.2, 0.25) is 0 Å². The van der Waals surface area contributed by atoms with Gasteiger partial charge in [-0.3, -0.25) is 9.59 Å². The second-order valence-electron chi connectivity index (χ2n) is 3.23. The lowest BCUT2D eigenvalue weighted by molar-refractivity contribution is -0.133. The van der Waals surface area contributed by atoms with Gasteiger partial charge in [0.05, 0.1) is 19.2 Å². The minimum Gasteiger partial charge on any atom is -0.394 e. The third kappa shape index (κ3) is 4.81. The average molecular weight is 202 g/mol. The summed E-state index contributed by atoms with van der Waals surface area (Å²) >= 11 is 0. The first-order valence-electron chi connectivity index (χ1n) is 4.63. The first-order chi connectivity index (χ1) is 6.51. The molecule has 1 atom stereocenters. The number of rotatable bonds is 5. The second kappa shape index (κ2) is 6.37. The molecule has 0 spiro atoms. The quantitative estimate of drug-likeness (QED) is 0.622. The van der Waals surface area contributed by atoms with E-state index in [-0.39, 0.29) is 31.0 Å². The normalized spacial score (nSPS) is 12.0. The van der Waals surface area contributed by atoms with Crippen LogP contribution in [0.5, 0.6) is 0 Å². The van der Waals surface area contributed by atoms with Crippen molar-refractivity contribution >= 4 is 11.8 Å². The fourth-order valence-electron chi connectivity index (χ4n) is 0.877. The van der Waals surface area contributed by atoms with E-state index in [0.717, 1.165) is 0 Å². The molecule has 0 aliphatic heterocycles. The van der Waals surface area contributed by atoms with Crippen molar-refractivity contribution < 1.29 is 14.7 Å². The topological polar surface area (TPSA) is 69.6 Å². The van der Waals surface area contributed by atoms with Gasteiger partial charge in [-0.1, -0.05) is 6.92 Å². The van der Waals surface area contributed by atoms with E-state index in [0.29, 0.717) is 6.42 Å². The Labute approximate surface area is 84.1 Å². The number of carbonyl (C=O) groups excluding carboxylic acids is 2. The first kappa shape index (κ1) is 12.9. The molecule has 0 radical (unpaired) electrons. The smallest absolute Gasteiger partial charge is 0.239 e. The summed E-state index contributed by atoms with van der Waals surface area (Å²) in [6.45, 7) is 3.23. The largest absolute Gasteiger partial charge is 0.394 e. The van der Waals surface area contributed by atoms with Gasteiger partial charge in [0, 0.05) is 14.0 Å². The molecule has 5 nitrogen and oxygen atoms in total. The van der Waals surface area contributed by atoms with Gasteiger partial charge >= 0.3 is 0 Å². The third-order valence-electron chi connectivity index (χ3n) is 2.00. The highest BCUT2D eigenvalue weighted by molar-refractivity contribution is 5.83. The Hall–Kier alpha value is -1.10. The molecular formula is C9H18N2O3. The highest BCUT2D eigenvalue weighted by atomic mass is 16.3. The third-order valence-corrected chi connectivity index (χ3v) is 2.00. The van der Waals surface area contributed by atoms with Gasteiger partial charge in [0.2, 0.25) is 11.8 Å². The van der Waals surface area contributed by atoms with Crippen LogP contribution in [0.4, 0.5) is 0 Å². The molecule has 0 fully saturated rings. The first-order valence-corrected chi connectivity index (χ1v) is 4.63. The molecule has 0 heterocycles. The molecule has 0 saturated heterocycles. The van der Waals surface area contributed by atoms with E-state index in [9.17, 15) is 9.59 Å². The molecule has 0 rings (SSSR count). The Bertz CT molecular complexity index is 202. The van der Waals surface area contributed by atoms with Crippen LogP contribution in [0, 0.1) is 0 Å². The number of nitrogens with one attached hydrogen (secondary N) is 1. The van der Waals surface area contributed by atoms with Crippen molar-refractivity contribution in [2.75, 3.05) is 20.2 Å². The van der Waals surface area contributed by atoms with E-state index in [4.69, 9.17) is 5.11 Å². The summed E-state index contributed by atoms with van der Waals surface area (Å²) in [6, 6.07) is -0.220. The lowest BCUT2D eigenvalue weighted by Crippen LogP contribution is -2.43. The molecule has 0 aromatic rings. The number of likely N-dealkylation sites (N-methyl/N-ethyl adjacent to an activating group) is 1. The lowest BCUT2D eigenvalue weighted by atomic mass is 10.2. The van der Waals surface area contributed by atoms with Gasteiger partial charge in [-0.25, -0.2) is 0 Å². The summed E-state index contributed by atoms with van der Waals surface area (Å²) in [5, 5.41) is 11.4. The highest BCUT2D eigenvalue weighted by Gasteiger charge is 2.12. The van der Waals surface area contributed by atoms with Crippen molar-refractivity contribution in [2.24, 2.45) is 0 Å². The number of carbonyl (C=O) groups is 2. The predicted molar refractivity (Wildman–Crippen MR) is 52.6 cm³/mol. The fraction of sp³-hybridized carbons (Fsp3) is 0.778. The van der Waals surface area contributed by atoms with E-state index < -0.39 is 0 Å². The van der Waals surface area contributed by atoms with Crippen LogP contribution in [0.1, 0.15) is 20.3 Å². The SMILES string of the molecule is CCC(CO)NC(=O)CN(C)C(C)=O. The summed E-state index contributed by atoms with van der Waals surface area (Å²) in [5.74, 6) is -0.402. The van der Waals surface area contributed by atoms with Crippen LogP contribution in [-0.2, 0) is 9.59 Å². The fourth-order valence-corrected chi connectivity index (χ4v) is 0.877. The molecule has 0 saturated carbocycles. The van der Waals surface area contributed by atoms with Crippen LogP contribution in [0.15, 0.2) is 0 Å². The van der Waals surface area contributed by atoms with E-state index in [1.54, 1.807) is 7.05 Å². The molecule has 0 aliphatic carbocycles. The molecule has 82 valence electrons. The average Bonchev–Trinajstić information content (AvgIpc) is 2.13. The molecule has 0 aliphatic rings. The van der Waals surface area contributed by atoms with Gasteiger partial charge in [-0.15, -0.1) is 0 Å². The number of aliphatic hydroxyl groups excluding tert-OH is 1. The van der Waals surface area contributed by atoms with Crippen LogP contribution in [-0.4, -0.2) is 48.1 Å². The van der Waals surface area contributed by atoms with Crippen molar-refractivity contribution in [1.29, 1.82) is 0 Å². The van der Waals surface area contributed by atoms with Crippen LogP contribution in [0.3, 0.4) is 0 Å². The van der Waals surface area contributed by atoms with E-state index in [1.165, 1.54) is 11.8 Å². The van der Waals surface area contributed by atoms with Crippen LogP contribution >= 0.6 is 0 Å². The minimum atomic E-state index is -0.247. The number of hydrogen-bond donors (Lipinski definition) is 2. The van der Waals surface area contributed by atoms with Crippen molar-refractivity contribution in [3.05, 3.63) is 0 Å². The molecule has 5 heteroatoms. The molecule has 1 unspecified atom stereocenters. The summed E-state index contributed by atoms with van der Waals surface area (Å²) in [4.78, 5) is 23.4. The molecule has 2 N–H and O–H groups in total. The van der Waals surface area contributed by atoms with E-state index in [1.807, 2.05) is 6.92 Å².